The number of alkyl halides is 3. The summed E-state index contributed by atoms with van der Waals surface area (Å²) in [6.07, 6.45) is -1.33. The lowest BCUT2D eigenvalue weighted by Crippen LogP contribution is -2.39. The summed E-state index contributed by atoms with van der Waals surface area (Å²) in [5.41, 5.74) is -0.580. The third kappa shape index (κ3) is 4.68. The van der Waals surface area contributed by atoms with Gasteiger partial charge in [0.15, 0.2) is 0 Å². The Morgan fingerprint density at radius 1 is 1.30 bits per heavy atom. The molecule has 0 radical (unpaired) electrons. The molecule has 0 aliphatic carbocycles. The molecule has 2 aromatic rings. The minimum atomic E-state index is -4.56. The van der Waals surface area contributed by atoms with E-state index in [4.69, 9.17) is 11.6 Å². The van der Waals surface area contributed by atoms with Crippen molar-refractivity contribution in [2.45, 2.75) is 25.9 Å². The number of anilines is 2. The molecule has 1 atom stereocenters. The molecular weight excluding hydrogens is 381 g/mol. The molecule has 1 N–H and O–H groups in total. The largest absolute Gasteiger partial charge is 0.417 e. The number of nitrogens with one attached hydrogen (secondary N) is 1. The topological polar surface area (TPSA) is 58.1 Å². The molecule has 5 nitrogen and oxygen atoms in total. The van der Waals surface area contributed by atoms with Crippen molar-refractivity contribution in [2.75, 3.05) is 18.4 Å². The maximum atomic E-state index is 13.0. The summed E-state index contributed by atoms with van der Waals surface area (Å²) in [6, 6.07) is 4.91. The van der Waals surface area contributed by atoms with Gasteiger partial charge >= 0.3 is 6.18 Å². The number of hydrogen-bond acceptors (Lipinski definition) is 4. The molecule has 1 fully saturated rings. The van der Waals surface area contributed by atoms with Crippen LogP contribution in [-0.4, -0.2) is 33.9 Å². The molecule has 0 bridgehead atoms. The molecule has 144 valence electrons. The van der Waals surface area contributed by atoms with Crippen LogP contribution in [0.4, 0.5) is 24.7 Å². The van der Waals surface area contributed by atoms with Gasteiger partial charge < -0.3 is 10.2 Å². The molecule has 0 spiro atoms. The Hall–Kier alpha value is -2.35. The normalized spacial score (nSPS) is 17.7. The van der Waals surface area contributed by atoms with E-state index in [1.807, 2.05) is 0 Å². The van der Waals surface area contributed by atoms with E-state index in [9.17, 15) is 18.0 Å². The monoisotopic (exact) mass is 398 g/mol. The quantitative estimate of drug-likeness (QED) is 0.809. The smallest absolute Gasteiger partial charge is 0.340 e. The molecule has 0 saturated carbocycles. The highest BCUT2D eigenvalue weighted by atomic mass is 35.5. The summed E-state index contributed by atoms with van der Waals surface area (Å²) in [7, 11) is 0. The van der Waals surface area contributed by atoms with Crippen molar-refractivity contribution in [1.29, 1.82) is 0 Å². The van der Waals surface area contributed by atoms with E-state index in [-0.39, 0.29) is 28.1 Å². The molecule has 1 aromatic carbocycles. The Labute approximate surface area is 159 Å². The fourth-order valence-corrected chi connectivity index (χ4v) is 3.27. The molecule has 3 rings (SSSR count). The molecule has 9 heteroatoms. The highest BCUT2D eigenvalue weighted by Crippen LogP contribution is 2.36. The van der Waals surface area contributed by atoms with Crippen molar-refractivity contribution in [3.63, 3.8) is 0 Å². The van der Waals surface area contributed by atoms with Crippen LogP contribution in [-0.2, 0) is 6.18 Å². The Balaban J connectivity index is 1.79. The number of piperidine rings is 1. The summed E-state index contributed by atoms with van der Waals surface area (Å²) < 4.78 is 39.0. The number of amides is 1. The third-order valence-electron chi connectivity index (χ3n) is 4.37. The van der Waals surface area contributed by atoms with E-state index in [1.165, 1.54) is 18.5 Å². The number of carbonyl (C=O) groups is 1. The number of aromatic nitrogens is 2. The van der Waals surface area contributed by atoms with E-state index in [2.05, 4.69) is 22.2 Å². The maximum absolute atomic E-state index is 13.0. The first-order valence-electron chi connectivity index (χ1n) is 8.49. The fourth-order valence-electron chi connectivity index (χ4n) is 3.05. The summed E-state index contributed by atoms with van der Waals surface area (Å²) in [5.74, 6) is 0.449. The zero-order chi connectivity index (χ0) is 19.6. The highest BCUT2D eigenvalue weighted by molar-refractivity contribution is 6.31. The molecule has 1 aliphatic rings. The van der Waals surface area contributed by atoms with E-state index < -0.39 is 11.7 Å². The predicted octanol–water partition coefficient (Wildman–Crippen LogP) is 4.76. The number of carbonyl (C=O) groups excluding carboxylic acids is 1. The Morgan fingerprint density at radius 2 is 2.07 bits per heavy atom. The first-order chi connectivity index (χ1) is 12.7. The average molecular weight is 399 g/mol. The second kappa shape index (κ2) is 7.72. The maximum Gasteiger partial charge on any atom is 0.417 e. The van der Waals surface area contributed by atoms with Crippen LogP contribution < -0.4 is 5.32 Å². The number of likely N-dealkylation sites (tertiary alicyclic amines) is 1. The molecule has 2 heterocycles. The number of halogens is 4. The van der Waals surface area contributed by atoms with Gasteiger partial charge in [-0.05, 0) is 37.0 Å². The number of rotatable bonds is 3. The first kappa shape index (κ1) is 19.4. The van der Waals surface area contributed by atoms with Crippen LogP contribution >= 0.6 is 11.6 Å². The van der Waals surface area contributed by atoms with Crippen molar-refractivity contribution in [3.05, 3.63) is 46.9 Å². The lowest BCUT2D eigenvalue weighted by Gasteiger charge is -2.30. The van der Waals surface area contributed by atoms with Crippen LogP contribution in [0, 0.1) is 5.92 Å². The summed E-state index contributed by atoms with van der Waals surface area (Å²) >= 11 is 5.62. The van der Waals surface area contributed by atoms with Crippen LogP contribution in [0.15, 0.2) is 30.6 Å². The van der Waals surface area contributed by atoms with Gasteiger partial charge in [0.05, 0.1) is 10.6 Å². The van der Waals surface area contributed by atoms with Gasteiger partial charge in [-0.15, -0.1) is 0 Å². The van der Waals surface area contributed by atoms with Crippen LogP contribution in [0.2, 0.25) is 5.02 Å². The number of hydrogen-bond donors (Lipinski definition) is 1. The van der Waals surface area contributed by atoms with Gasteiger partial charge in [0, 0.05) is 24.8 Å². The van der Waals surface area contributed by atoms with Crippen molar-refractivity contribution in [3.8, 4) is 0 Å². The lowest BCUT2D eigenvalue weighted by molar-refractivity contribution is -0.137. The second-order valence-electron chi connectivity index (χ2n) is 6.60. The van der Waals surface area contributed by atoms with Gasteiger partial charge in [-0.1, -0.05) is 18.5 Å². The predicted molar refractivity (Wildman–Crippen MR) is 96.1 cm³/mol. The fraction of sp³-hybridized carbons (Fsp3) is 0.389. The SMILES string of the molecule is CC1CCCN(C(=O)c2cc(Nc3ccc(Cl)c(C(F)(F)F)c3)ncn2)C1. The van der Waals surface area contributed by atoms with Gasteiger partial charge in [-0.3, -0.25) is 4.79 Å². The standard InChI is InChI=1S/C18H18ClF3N4O/c1-11-3-2-6-26(9-11)17(27)15-8-16(24-10-23-15)25-12-4-5-14(19)13(7-12)18(20,21)22/h4-5,7-8,10-11H,2-3,6,9H2,1H3,(H,23,24,25). The molecule has 1 unspecified atom stereocenters. The lowest BCUT2D eigenvalue weighted by atomic mass is 10.00. The molecule has 1 aromatic heterocycles. The first-order valence-corrected chi connectivity index (χ1v) is 8.87. The minimum absolute atomic E-state index is 0.162. The average Bonchev–Trinajstić information content (AvgIpc) is 2.62. The Bertz CT molecular complexity index is 844. The van der Waals surface area contributed by atoms with Gasteiger partial charge in [-0.25, -0.2) is 9.97 Å². The van der Waals surface area contributed by atoms with E-state index in [1.54, 1.807) is 4.90 Å². The van der Waals surface area contributed by atoms with E-state index in [0.717, 1.165) is 25.0 Å². The summed E-state index contributed by atoms with van der Waals surface area (Å²) in [4.78, 5) is 22.4. The van der Waals surface area contributed by atoms with Crippen molar-refractivity contribution < 1.29 is 18.0 Å². The summed E-state index contributed by atoms with van der Waals surface area (Å²) in [5, 5.41) is 2.39. The van der Waals surface area contributed by atoms with Crippen LogP contribution in [0.3, 0.4) is 0 Å². The third-order valence-corrected chi connectivity index (χ3v) is 4.70. The van der Waals surface area contributed by atoms with Crippen LogP contribution in [0.5, 0.6) is 0 Å². The molecular formula is C18H18ClF3N4O. The van der Waals surface area contributed by atoms with Gasteiger partial charge in [-0.2, -0.15) is 13.2 Å². The summed E-state index contributed by atoms with van der Waals surface area (Å²) in [6.45, 7) is 3.42. The molecule has 27 heavy (non-hydrogen) atoms. The Kier molecular flexibility index (Phi) is 5.55. The molecule has 1 aliphatic heterocycles. The van der Waals surface area contributed by atoms with Crippen molar-refractivity contribution >= 4 is 29.0 Å². The van der Waals surface area contributed by atoms with Gasteiger partial charge in [0.1, 0.15) is 17.8 Å². The zero-order valence-corrected chi connectivity index (χ0v) is 15.3. The molecule has 1 amide bonds. The van der Waals surface area contributed by atoms with E-state index in [0.29, 0.717) is 19.0 Å². The number of nitrogens with zero attached hydrogens (tertiary/aromatic N) is 3. The Morgan fingerprint density at radius 3 is 2.78 bits per heavy atom. The number of benzene rings is 1. The zero-order valence-electron chi connectivity index (χ0n) is 14.6. The van der Waals surface area contributed by atoms with Gasteiger partial charge in [0.2, 0.25) is 0 Å². The molecule has 1 saturated heterocycles. The second-order valence-corrected chi connectivity index (χ2v) is 7.01. The minimum Gasteiger partial charge on any atom is -0.340 e. The van der Waals surface area contributed by atoms with Crippen molar-refractivity contribution in [1.82, 2.24) is 14.9 Å². The van der Waals surface area contributed by atoms with E-state index >= 15 is 0 Å². The highest BCUT2D eigenvalue weighted by Gasteiger charge is 2.33. The van der Waals surface area contributed by atoms with Gasteiger partial charge in [0.25, 0.3) is 5.91 Å². The van der Waals surface area contributed by atoms with Crippen LogP contribution in [0.25, 0.3) is 0 Å². The van der Waals surface area contributed by atoms with Crippen LogP contribution in [0.1, 0.15) is 35.8 Å². The van der Waals surface area contributed by atoms with Crippen molar-refractivity contribution in [2.24, 2.45) is 5.92 Å².